The number of likely N-dealkylation sites (tertiary alicyclic amines) is 1. The Morgan fingerprint density at radius 3 is 2.65 bits per heavy atom. The Morgan fingerprint density at radius 2 is 2.10 bits per heavy atom. The van der Waals surface area contributed by atoms with Crippen molar-refractivity contribution in [2.45, 2.75) is 31.7 Å². The SMILES string of the molecule is NC(CCCCN1CC(CS(N)(=O)=O)CC1=O)C(=O)O. The highest BCUT2D eigenvalue weighted by molar-refractivity contribution is 7.89. The standard InChI is InChI=1S/C11H21N3O5S/c12-9(11(16)17)3-1-2-4-14-6-8(5-10(14)15)7-20(13,18)19/h8-9H,1-7,12H2,(H,16,17)(H2,13,18,19). The molecule has 1 aliphatic heterocycles. The van der Waals surface area contributed by atoms with Gasteiger partial charge in [-0.2, -0.15) is 0 Å². The number of amides is 1. The largest absolute Gasteiger partial charge is 0.480 e. The third-order valence-electron chi connectivity index (χ3n) is 3.27. The van der Waals surface area contributed by atoms with E-state index in [1.54, 1.807) is 4.90 Å². The molecule has 1 heterocycles. The first kappa shape index (κ1) is 16.9. The number of hydrogen-bond acceptors (Lipinski definition) is 5. The second kappa shape index (κ2) is 7.00. The summed E-state index contributed by atoms with van der Waals surface area (Å²) >= 11 is 0. The molecule has 0 aliphatic carbocycles. The van der Waals surface area contributed by atoms with Crippen LogP contribution in [-0.4, -0.2) is 55.2 Å². The van der Waals surface area contributed by atoms with Crippen LogP contribution in [0, 0.1) is 5.92 Å². The molecule has 1 saturated heterocycles. The first-order valence-corrected chi connectivity index (χ1v) is 8.17. The molecule has 9 heteroatoms. The fourth-order valence-corrected chi connectivity index (χ4v) is 3.18. The summed E-state index contributed by atoms with van der Waals surface area (Å²) in [7, 11) is -3.56. The van der Waals surface area contributed by atoms with E-state index in [-0.39, 0.29) is 24.0 Å². The van der Waals surface area contributed by atoms with E-state index in [0.29, 0.717) is 32.4 Å². The molecule has 0 aromatic rings. The Kier molecular flexibility index (Phi) is 5.90. The first-order valence-electron chi connectivity index (χ1n) is 6.45. The maximum absolute atomic E-state index is 11.7. The molecule has 1 amide bonds. The van der Waals surface area contributed by atoms with Crippen LogP contribution in [0.5, 0.6) is 0 Å². The van der Waals surface area contributed by atoms with Gasteiger partial charge in [-0.3, -0.25) is 9.59 Å². The van der Waals surface area contributed by atoms with Gasteiger partial charge >= 0.3 is 5.97 Å². The molecule has 116 valence electrons. The number of nitrogens with two attached hydrogens (primary N) is 2. The van der Waals surface area contributed by atoms with Gasteiger partial charge in [-0.1, -0.05) is 0 Å². The summed E-state index contributed by atoms with van der Waals surface area (Å²) in [5, 5.41) is 13.6. The fraction of sp³-hybridized carbons (Fsp3) is 0.818. The molecule has 2 atom stereocenters. The molecular formula is C11H21N3O5S. The molecule has 1 aliphatic rings. The lowest BCUT2D eigenvalue weighted by molar-refractivity contribution is -0.138. The zero-order valence-corrected chi connectivity index (χ0v) is 12.0. The van der Waals surface area contributed by atoms with E-state index in [0.717, 1.165) is 0 Å². The van der Waals surface area contributed by atoms with E-state index in [4.69, 9.17) is 16.0 Å². The zero-order chi connectivity index (χ0) is 15.3. The molecule has 0 saturated carbocycles. The number of hydrogen-bond donors (Lipinski definition) is 3. The minimum Gasteiger partial charge on any atom is -0.480 e. The lowest BCUT2D eigenvalue weighted by atomic mass is 10.1. The molecule has 0 aromatic carbocycles. The number of rotatable bonds is 8. The average molecular weight is 307 g/mol. The number of primary sulfonamides is 1. The Labute approximate surface area is 118 Å². The highest BCUT2D eigenvalue weighted by Crippen LogP contribution is 2.19. The Balaban J connectivity index is 2.28. The normalized spacial score (nSPS) is 21.2. The molecule has 1 fully saturated rings. The van der Waals surface area contributed by atoms with Gasteiger partial charge in [-0.05, 0) is 19.3 Å². The molecule has 1 rings (SSSR count). The average Bonchev–Trinajstić information content (AvgIpc) is 2.62. The second-order valence-electron chi connectivity index (χ2n) is 5.18. The third-order valence-corrected chi connectivity index (χ3v) is 4.21. The minimum absolute atomic E-state index is 0.0822. The summed E-state index contributed by atoms with van der Waals surface area (Å²) in [6.45, 7) is 0.881. The van der Waals surface area contributed by atoms with Gasteiger partial charge in [0.15, 0.2) is 0 Å². The lowest BCUT2D eigenvalue weighted by Crippen LogP contribution is -2.31. The quantitative estimate of drug-likeness (QED) is 0.476. The van der Waals surface area contributed by atoms with Crippen molar-refractivity contribution >= 4 is 21.9 Å². The molecule has 0 bridgehead atoms. The highest BCUT2D eigenvalue weighted by atomic mass is 32.2. The Bertz CT molecular complexity index is 465. The lowest BCUT2D eigenvalue weighted by Gasteiger charge is -2.16. The third kappa shape index (κ3) is 5.85. The van der Waals surface area contributed by atoms with E-state index in [2.05, 4.69) is 0 Å². The smallest absolute Gasteiger partial charge is 0.320 e. The summed E-state index contributed by atoms with van der Waals surface area (Å²) < 4.78 is 22.0. The van der Waals surface area contributed by atoms with Gasteiger partial charge in [0.2, 0.25) is 15.9 Å². The molecule has 2 unspecified atom stereocenters. The Morgan fingerprint density at radius 1 is 1.45 bits per heavy atom. The highest BCUT2D eigenvalue weighted by Gasteiger charge is 2.31. The number of nitrogens with zero attached hydrogens (tertiary/aromatic N) is 1. The summed E-state index contributed by atoms with van der Waals surface area (Å²) in [6, 6.07) is -0.876. The number of carboxylic acids is 1. The number of carbonyl (C=O) groups excluding carboxylic acids is 1. The van der Waals surface area contributed by atoms with Crippen LogP contribution in [0.15, 0.2) is 0 Å². The van der Waals surface area contributed by atoms with E-state index < -0.39 is 22.0 Å². The monoisotopic (exact) mass is 307 g/mol. The maximum Gasteiger partial charge on any atom is 0.320 e. The van der Waals surface area contributed by atoms with Crippen molar-refractivity contribution in [3.05, 3.63) is 0 Å². The van der Waals surface area contributed by atoms with E-state index in [1.807, 2.05) is 0 Å². The van der Waals surface area contributed by atoms with Crippen LogP contribution in [-0.2, 0) is 19.6 Å². The van der Waals surface area contributed by atoms with Crippen LogP contribution in [0.4, 0.5) is 0 Å². The molecule has 5 N–H and O–H groups in total. The van der Waals surface area contributed by atoms with Crippen molar-refractivity contribution in [1.82, 2.24) is 4.90 Å². The van der Waals surface area contributed by atoms with Crippen LogP contribution in [0.1, 0.15) is 25.7 Å². The van der Waals surface area contributed by atoms with Gasteiger partial charge in [-0.25, -0.2) is 13.6 Å². The fourth-order valence-electron chi connectivity index (χ4n) is 2.30. The molecular weight excluding hydrogens is 286 g/mol. The number of aliphatic carboxylic acids is 1. The number of sulfonamides is 1. The van der Waals surface area contributed by atoms with Crippen molar-refractivity contribution in [1.29, 1.82) is 0 Å². The molecule has 0 spiro atoms. The maximum atomic E-state index is 11.7. The van der Waals surface area contributed by atoms with Gasteiger partial charge in [0.05, 0.1) is 5.75 Å². The van der Waals surface area contributed by atoms with E-state index in [1.165, 1.54) is 0 Å². The van der Waals surface area contributed by atoms with Gasteiger partial charge in [0.1, 0.15) is 6.04 Å². The van der Waals surface area contributed by atoms with Crippen molar-refractivity contribution in [2.75, 3.05) is 18.8 Å². The van der Waals surface area contributed by atoms with Crippen LogP contribution < -0.4 is 10.9 Å². The van der Waals surface area contributed by atoms with Gasteiger partial charge < -0.3 is 15.7 Å². The van der Waals surface area contributed by atoms with E-state index >= 15 is 0 Å². The van der Waals surface area contributed by atoms with Crippen LogP contribution in [0.3, 0.4) is 0 Å². The van der Waals surface area contributed by atoms with Crippen LogP contribution in [0.2, 0.25) is 0 Å². The van der Waals surface area contributed by atoms with Crippen molar-refractivity contribution in [2.24, 2.45) is 16.8 Å². The van der Waals surface area contributed by atoms with Crippen molar-refractivity contribution in [3.63, 3.8) is 0 Å². The molecule has 20 heavy (non-hydrogen) atoms. The second-order valence-corrected chi connectivity index (χ2v) is 6.84. The van der Waals surface area contributed by atoms with Crippen molar-refractivity contribution < 1.29 is 23.1 Å². The predicted octanol–water partition coefficient (Wildman–Crippen LogP) is -1.29. The summed E-state index contributed by atoms with van der Waals surface area (Å²) in [5.74, 6) is -1.55. The first-order chi connectivity index (χ1) is 9.19. The van der Waals surface area contributed by atoms with Crippen molar-refractivity contribution in [3.8, 4) is 0 Å². The summed E-state index contributed by atoms with van der Waals surface area (Å²) in [5.41, 5.74) is 5.37. The number of carbonyl (C=O) groups is 2. The minimum atomic E-state index is -3.56. The molecule has 8 nitrogen and oxygen atoms in total. The summed E-state index contributed by atoms with van der Waals surface area (Å²) in [6.07, 6.45) is 1.81. The number of unbranched alkanes of at least 4 members (excludes halogenated alkanes) is 1. The Hall–Kier alpha value is -1.19. The van der Waals surface area contributed by atoms with Gasteiger partial charge in [-0.15, -0.1) is 0 Å². The molecule has 0 radical (unpaired) electrons. The van der Waals surface area contributed by atoms with E-state index in [9.17, 15) is 18.0 Å². The summed E-state index contributed by atoms with van der Waals surface area (Å²) in [4.78, 5) is 23.8. The van der Waals surface area contributed by atoms with Gasteiger partial charge in [0, 0.05) is 25.4 Å². The van der Waals surface area contributed by atoms with Crippen LogP contribution in [0.25, 0.3) is 0 Å². The predicted molar refractivity (Wildman–Crippen MR) is 72.1 cm³/mol. The van der Waals surface area contributed by atoms with Crippen LogP contribution >= 0.6 is 0 Å². The number of carboxylic acid groups (broad SMARTS) is 1. The zero-order valence-electron chi connectivity index (χ0n) is 11.2. The topological polar surface area (TPSA) is 144 Å². The van der Waals surface area contributed by atoms with Gasteiger partial charge in [0.25, 0.3) is 0 Å². The molecule has 0 aromatic heterocycles.